The van der Waals surface area contributed by atoms with E-state index in [0.29, 0.717) is 0 Å². The van der Waals surface area contributed by atoms with Gasteiger partial charge in [0.2, 0.25) is 0 Å². The van der Waals surface area contributed by atoms with Crippen LogP contribution in [0.3, 0.4) is 0 Å². The molecule has 7 heteroatoms. The fourth-order valence-corrected chi connectivity index (χ4v) is 5.91. The van der Waals surface area contributed by atoms with Gasteiger partial charge in [0.15, 0.2) is 0 Å². The van der Waals surface area contributed by atoms with E-state index in [2.05, 4.69) is 58.7 Å². The molecule has 0 saturated heterocycles. The first kappa shape index (κ1) is 27.0. The maximum absolute atomic E-state index is 5.39. The van der Waals surface area contributed by atoms with E-state index in [0.717, 1.165) is 71.0 Å². The molecular weight excluding hydrogens is 687 g/mol. The minimum atomic E-state index is -0.309. The van der Waals surface area contributed by atoms with E-state index in [4.69, 9.17) is 9.97 Å². The van der Waals surface area contributed by atoms with Crippen LogP contribution in [0.5, 0.6) is 0 Å². The SMILES string of the molecule is [Pt+2].[c-]1ccccc1-c1nc(C2(c3ccc(-n4cccn4)c(-c4[c-]cccc4)n3)CCCCC2)ccc1-n1cccn1. The molecule has 1 aliphatic carbocycles. The second-order valence-corrected chi connectivity index (χ2v) is 10.2. The Bertz CT molecular complexity index is 1590. The van der Waals surface area contributed by atoms with E-state index in [9.17, 15) is 0 Å². The van der Waals surface area contributed by atoms with E-state index >= 15 is 0 Å². The van der Waals surface area contributed by atoms with Crippen LogP contribution >= 0.6 is 0 Å². The summed E-state index contributed by atoms with van der Waals surface area (Å²) in [5, 5.41) is 9.02. The number of hydrogen-bond acceptors (Lipinski definition) is 4. The van der Waals surface area contributed by atoms with E-state index in [-0.39, 0.29) is 26.5 Å². The number of hydrogen-bond donors (Lipinski definition) is 0. The van der Waals surface area contributed by atoms with Gasteiger partial charge in [0.25, 0.3) is 0 Å². The molecule has 0 bridgehead atoms. The first-order chi connectivity index (χ1) is 19.8. The van der Waals surface area contributed by atoms with Crippen LogP contribution in [0.4, 0.5) is 0 Å². The molecule has 0 N–H and O–H groups in total. The smallest absolute Gasteiger partial charge is 0.298 e. The predicted molar refractivity (Wildman–Crippen MR) is 155 cm³/mol. The Balaban J connectivity index is 0.00000302. The molecule has 0 unspecified atom stereocenters. The summed E-state index contributed by atoms with van der Waals surface area (Å²) in [6.07, 6.45) is 13.0. The van der Waals surface area contributed by atoms with Crippen LogP contribution in [0.25, 0.3) is 33.9 Å². The molecular formula is C34H28N6Pt. The van der Waals surface area contributed by atoms with Gasteiger partial charge in [-0.3, -0.25) is 9.97 Å². The Kier molecular flexibility index (Phi) is 7.75. The normalized spacial score (nSPS) is 14.3. The average Bonchev–Trinajstić information content (AvgIpc) is 3.77. The molecule has 6 nitrogen and oxygen atoms in total. The topological polar surface area (TPSA) is 61.4 Å². The van der Waals surface area contributed by atoms with Gasteiger partial charge in [0, 0.05) is 58.9 Å². The Morgan fingerprint density at radius 1 is 0.585 bits per heavy atom. The summed E-state index contributed by atoms with van der Waals surface area (Å²) < 4.78 is 3.75. The molecule has 6 aromatic rings. The number of aromatic nitrogens is 6. The molecule has 41 heavy (non-hydrogen) atoms. The van der Waals surface area contributed by atoms with Gasteiger partial charge in [-0.05, 0) is 49.2 Å². The minimum Gasteiger partial charge on any atom is -0.298 e. The molecule has 0 atom stereocenters. The van der Waals surface area contributed by atoms with Gasteiger partial charge in [-0.15, -0.1) is 71.8 Å². The van der Waals surface area contributed by atoms with Crippen molar-refractivity contribution in [2.45, 2.75) is 37.5 Å². The zero-order chi connectivity index (χ0) is 26.8. The van der Waals surface area contributed by atoms with Crippen molar-refractivity contribution >= 4 is 0 Å². The molecule has 0 aliphatic heterocycles. The van der Waals surface area contributed by atoms with Gasteiger partial charge in [-0.2, -0.15) is 10.2 Å². The second kappa shape index (κ2) is 11.8. The van der Waals surface area contributed by atoms with Gasteiger partial charge in [0.05, 0.1) is 5.41 Å². The quantitative estimate of drug-likeness (QED) is 0.174. The van der Waals surface area contributed by atoms with Crippen molar-refractivity contribution in [1.82, 2.24) is 29.5 Å². The van der Waals surface area contributed by atoms with Gasteiger partial charge < -0.3 is 0 Å². The molecule has 1 fully saturated rings. The van der Waals surface area contributed by atoms with Crippen LogP contribution < -0.4 is 0 Å². The van der Waals surface area contributed by atoms with E-state index in [1.54, 1.807) is 12.4 Å². The Morgan fingerprint density at radius 3 is 1.51 bits per heavy atom. The van der Waals surface area contributed by atoms with Crippen LogP contribution in [0, 0.1) is 12.1 Å². The number of nitrogens with zero attached hydrogens (tertiary/aromatic N) is 6. The first-order valence-corrected chi connectivity index (χ1v) is 13.8. The largest absolute Gasteiger partial charge is 2.00 e. The van der Waals surface area contributed by atoms with Crippen molar-refractivity contribution in [2.75, 3.05) is 0 Å². The van der Waals surface area contributed by atoms with Crippen molar-refractivity contribution in [3.8, 4) is 33.9 Å². The molecule has 1 aliphatic rings. The first-order valence-electron chi connectivity index (χ1n) is 13.8. The third-order valence-corrected chi connectivity index (χ3v) is 7.87. The third-order valence-electron chi connectivity index (χ3n) is 7.87. The molecule has 4 heterocycles. The van der Waals surface area contributed by atoms with Gasteiger partial charge >= 0.3 is 21.1 Å². The molecule has 1 saturated carbocycles. The van der Waals surface area contributed by atoms with Gasteiger partial charge in [-0.25, -0.2) is 9.36 Å². The molecule has 2 aromatic carbocycles. The summed E-state index contributed by atoms with van der Waals surface area (Å²) in [5.74, 6) is 0. The van der Waals surface area contributed by atoms with E-state index in [1.807, 2.05) is 70.3 Å². The number of rotatable bonds is 6. The van der Waals surface area contributed by atoms with E-state index < -0.39 is 0 Å². The van der Waals surface area contributed by atoms with Gasteiger partial charge in [-0.1, -0.05) is 19.3 Å². The fraction of sp³-hybridized carbons (Fsp3) is 0.176. The minimum absolute atomic E-state index is 0. The summed E-state index contributed by atoms with van der Waals surface area (Å²) >= 11 is 0. The average molecular weight is 716 g/mol. The summed E-state index contributed by atoms with van der Waals surface area (Å²) in [4.78, 5) is 10.8. The zero-order valence-electron chi connectivity index (χ0n) is 22.4. The van der Waals surface area contributed by atoms with Crippen LogP contribution in [0.2, 0.25) is 0 Å². The molecule has 204 valence electrons. The van der Waals surface area contributed by atoms with Crippen LogP contribution in [-0.2, 0) is 26.5 Å². The molecule has 0 radical (unpaired) electrons. The number of pyridine rings is 2. The van der Waals surface area contributed by atoms with Crippen molar-refractivity contribution in [3.63, 3.8) is 0 Å². The zero-order valence-corrected chi connectivity index (χ0v) is 24.7. The van der Waals surface area contributed by atoms with Crippen LogP contribution in [0.1, 0.15) is 43.5 Å². The maximum Gasteiger partial charge on any atom is 2.00 e. The number of benzene rings is 2. The molecule has 4 aromatic heterocycles. The molecule has 0 spiro atoms. The second-order valence-electron chi connectivity index (χ2n) is 10.2. The predicted octanol–water partition coefficient (Wildman–Crippen LogP) is 7.03. The Labute approximate surface area is 254 Å². The van der Waals surface area contributed by atoms with Crippen molar-refractivity contribution in [3.05, 3.63) is 133 Å². The van der Waals surface area contributed by atoms with Crippen LogP contribution in [0.15, 0.2) is 110 Å². The summed E-state index contributed by atoms with van der Waals surface area (Å²) in [5.41, 5.74) is 7.27. The van der Waals surface area contributed by atoms with Crippen molar-refractivity contribution in [2.24, 2.45) is 0 Å². The maximum atomic E-state index is 5.39. The van der Waals surface area contributed by atoms with Crippen molar-refractivity contribution < 1.29 is 21.1 Å². The Hall–Kier alpha value is -4.15. The third kappa shape index (κ3) is 5.09. The van der Waals surface area contributed by atoms with Gasteiger partial charge in [0.1, 0.15) is 0 Å². The van der Waals surface area contributed by atoms with E-state index in [1.165, 1.54) is 6.42 Å². The van der Waals surface area contributed by atoms with Crippen molar-refractivity contribution in [1.29, 1.82) is 0 Å². The summed E-state index contributed by atoms with van der Waals surface area (Å²) in [7, 11) is 0. The molecule has 0 amide bonds. The summed E-state index contributed by atoms with van der Waals surface area (Å²) in [6.45, 7) is 0. The standard InChI is InChI=1S/C34H28N6.Pt/c1-4-12-26(13-5-1)32-28(39-24-10-22-35-39)16-18-30(37-32)34(20-8-3-9-21-34)31-19-17-29(40-25-11-23-36-40)33(38-31)27-14-6-2-7-15-27;/h1-2,4-7,10-12,14,16-19,22-25H,3,8-9,20-21H2;/q-2;+2. The Morgan fingerprint density at radius 2 is 1.10 bits per heavy atom. The molecule has 7 rings (SSSR count). The monoisotopic (exact) mass is 715 g/mol. The summed E-state index contributed by atoms with van der Waals surface area (Å²) in [6, 6.07) is 35.3. The fourth-order valence-electron chi connectivity index (χ4n) is 5.91. The van der Waals surface area contributed by atoms with Crippen LogP contribution in [-0.4, -0.2) is 29.5 Å².